The van der Waals surface area contributed by atoms with Crippen molar-refractivity contribution >= 4 is 15.7 Å². The van der Waals surface area contributed by atoms with E-state index < -0.39 is 22.4 Å². The number of aliphatic hydroxyl groups is 1. The molecule has 0 saturated carbocycles. The second kappa shape index (κ2) is 4.75. The van der Waals surface area contributed by atoms with Gasteiger partial charge in [-0.1, -0.05) is 0 Å². The van der Waals surface area contributed by atoms with Crippen LogP contribution in [0.5, 0.6) is 0 Å². The lowest BCUT2D eigenvalue weighted by Crippen LogP contribution is -2.12. The van der Waals surface area contributed by atoms with Crippen LogP contribution in [0.25, 0.3) is 0 Å². The predicted molar refractivity (Wildman–Crippen MR) is 59.6 cm³/mol. The van der Waals surface area contributed by atoms with Gasteiger partial charge in [-0.15, -0.1) is 0 Å². The smallest absolute Gasteiger partial charge is 0.295 e. The van der Waals surface area contributed by atoms with E-state index in [4.69, 9.17) is 9.52 Å². The lowest BCUT2D eigenvalue weighted by molar-refractivity contribution is 0.236. The van der Waals surface area contributed by atoms with E-state index in [1.807, 2.05) is 0 Å². The number of rotatable bonds is 4. The molecule has 18 heavy (non-hydrogen) atoms. The van der Waals surface area contributed by atoms with Crippen LogP contribution in [0.15, 0.2) is 40.1 Å². The maximum Gasteiger partial charge on any atom is 0.295 e. The Hall–Kier alpha value is -1.93. The van der Waals surface area contributed by atoms with Gasteiger partial charge in [-0.05, 0) is 12.1 Å². The van der Waals surface area contributed by atoms with Crippen molar-refractivity contribution in [3.05, 3.63) is 42.2 Å². The number of hydrogen-bond donors (Lipinski definition) is 2. The summed E-state index contributed by atoms with van der Waals surface area (Å²) in [4.78, 5) is 3.51. The fourth-order valence-electron chi connectivity index (χ4n) is 1.26. The standard InChI is InChI=1S/C10H9FN2O4S/c11-7-3-8(5-12-4-7)13-18(15,16)10-2-1-9(6-14)17-10/h1-5,13-14H,6H2. The molecule has 0 fully saturated rings. The summed E-state index contributed by atoms with van der Waals surface area (Å²) in [5, 5.41) is 8.41. The van der Waals surface area contributed by atoms with Gasteiger partial charge in [0.1, 0.15) is 18.2 Å². The first kappa shape index (κ1) is 12.5. The number of nitrogens with one attached hydrogen (secondary N) is 1. The molecule has 0 unspecified atom stereocenters. The molecule has 6 nitrogen and oxygen atoms in total. The van der Waals surface area contributed by atoms with E-state index in [1.54, 1.807) is 0 Å². The van der Waals surface area contributed by atoms with Gasteiger partial charge in [-0.3, -0.25) is 9.71 Å². The van der Waals surface area contributed by atoms with Crippen molar-refractivity contribution < 1.29 is 22.3 Å². The van der Waals surface area contributed by atoms with E-state index >= 15 is 0 Å². The summed E-state index contributed by atoms with van der Waals surface area (Å²) in [6, 6.07) is 3.51. The summed E-state index contributed by atoms with van der Waals surface area (Å²) in [6.45, 7) is -0.406. The van der Waals surface area contributed by atoms with Crippen LogP contribution in [0.1, 0.15) is 5.76 Å². The van der Waals surface area contributed by atoms with E-state index in [9.17, 15) is 12.8 Å². The molecular formula is C10H9FN2O4S. The number of anilines is 1. The Kier molecular flexibility index (Phi) is 3.30. The van der Waals surface area contributed by atoms with E-state index in [0.29, 0.717) is 0 Å². The molecule has 2 aromatic rings. The average Bonchev–Trinajstić information content (AvgIpc) is 2.77. The minimum absolute atomic E-state index is 0.0167. The zero-order valence-corrected chi connectivity index (χ0v) is 9.82. The molecule has 96 valence electrons. The third-order valence-corrected chi connectivity index (χ3v) is 3.27. The minimum Gasteiger partial charge on any atom is -0.445 e. The van der Waals surface area contributed by atoms with E-state index in [2.05, 4.69) is 9.71 Å². The van der Waals surface area contributed by atoms with Gasteiger partial charge in [0, 0.05) is 6.07 Å². The van der Waals surface area contributed by atoms with E-state index in [0.717, 1.165) is 18.5 Å². The molecule has 0 aliphatic heterocycles. The van der Waals surface area contributed by atoms with Crippen LogP contribution in [0.4, 0.5) is 10.1 Å². The van der Waals surface area contributed by atoms with Crippen molar-refractivity contribution in [3.8, 4) is 0 Å². The van der Waals surface area contributed by atoms with Crippen molar-refractivity contribution in [2.45, 2.75) is 11.7 Å². The van der Waals surface area contributed by atoms with Crippen molar-refractivity contribution in [1.82, 2.24) is 4.98 Å². The van der Waals surface area contributed by atoms with Gasteiger partial charge < -0.3 is 9.52 Å². The summed E-state index contributed by atoms with van der Waals surface area (Å²) in [6.07, 6.45) is 2.12. The maximum absolute atomic E-state index is 12.8. The van der Waals surface area contributed by atoms with Crippen LogP contribution < -0.4 is 4.72 Å². The number of furan rings is 1. The molecule has 0 aliphatic carbocycles. The number of nitrogens with zero attached hydrogens (tertiary/aromatic N) is 1. The number of sulfonamides is 1. The highest BCUT2D eigenvalue weighted by molar-refractivity contribution is 7.92. The van der Waals surface area contributed by atoms with Gasteiger partial charge in [0.25, 0.3) is 10.0 Å². The largest absolute Gasteiger partial charge is 0.445 e. The van der Waals surface area contributed by atoms with Crippen LogP contribution in [-0.2, 0) is 16.6 Å². The molecule has 0 amide bonds. The van der Waals surface area contributed by atoms with Gasteiger partial charge in [-0.25, -0.2) is 4.39 Å². The quantitative estimate of drug-likeness (QED) is 0.869. The second-order valence-electron chi connectivity index (χ2n) is 3.38. The first-order chi connectivity index (χ1) is 8.51. The molecule has 2 aromatic heterocycles. The molecule has 0 aliphatic rings. The van der Waals surface area contributed by atoms with E-state index in [-0.39, 0.29) is 16.5 Å². The number of pyridine rings is 1. The fourth-order valence-corrected chi connectivity index (χ4v) is 2.25. The van der Waals surface area contributed by atoms with E-state index in [1.165, 1.54) is 12.1 Å². The highest BCUT2D eigenvalue weighted by Crippen LogP contribution is 2.18. The normalized spacial score (nSPS) is 11.4. The maximum atomic E-state index is 12.8. The lowest BCUT2D eigenvalue weighted by Gasteiger charge is -2.04. The fraction of sp³-hybridized carbons (Fsp3) is 0.100. The molecule has 0 spiro atoms. The van der Waals surface area contributed by atoms with Crippen LogP contribution in [0, 0.1) is 5.82 Å². The SMILES string of the molecule is O=S(=O)(Nc1cncc(F)c1)c1ccc(CO)o1. The van der Waals surface area contributed by atoms with Gasteiger partial charge in [0.15, 0.2) is 0 Å². The molecule has 2 rings (SSSR count). The zero-order valence-electron chi connectivity index (χ0n) is 9.00. The summed E-state index contributed by atoms with van der Waals surface area (Å²) in [7, 11) is -3.95. The van der Waals surface area contributed by atoms with Gasteiger partial charge >= 0.3 is 0 Å². The van der Waals surface area contributed by atoms with Crippen molar-refractivity contribution in [3.63, 3.8) is 0 Å². The van der Waals surface area contributed by atoms with Crippen LogP contribution in [0.3, 0.4) is 0 Å². The molecule has 2 heterocycles. The van der Waals surface area contributed by atoms with Gasteiger partial charge in [-0.2, -0.15) is 8.42 Å². The highest BCUT2D eigenvalue weighted by atomic mass is 32.2. The summed E-state index contributed by atoms with van der Waals surface area (Å²) < 4.78 is 43.5. The van der Waals surface area contributed by atoms with Crippen LogP contribution in [-0.4, -0.2) is 18.5 Å². The number of aliphatic hydroxyl groups excluding tert-OH is 1. The van der Waals surface area contributed by atoms with Crippen LogP contribution in [0.2, 0.25) is 0 Å². The Morgan fingerprint density at radius 3 is 2.78 bits per heavy atom. The summed E-state index contributed by atoms with van der Waals surface area (Å²) in [5.41, 5.74) is -0.0167. The topological polar surface area (TPSA) is 92.4 Å². The number of halogens is 1. The molecule has 0 atom stereocenters. The Morgan fingerprint density at radius 2 is 2.17 bits per heavy atom. The third kappa shape index (κ3) is 2.66. The summed E-state index contributed by atoms with van der Waals surface area (Å²) >= 11 is 0. The summed E-state index contributed by atoms with van der Waals surface area (Å²) in [5.74, 6) is -0.543. The minimum atomic E-state index is -3.95. The number of hydrogen-bond acceptors (Lipinski definition) is 5. The predicted octanol–water partition coefficient (Wildman–Crippen LogP) is 1.11. The number of aromatic nitrogens is 1. The molecule has 2 N–H and O–H groups in total. The Labute approximate surface area is 102 Å². The Morgan fingerprint density at radius 1 is 1.39 bits per heavy atom. The molecular weight excluding hydrogens is 263 g/mol. The molecule has 0 radical (unpaired) electrons. The zero-order chi connectivity index (χ0) is 13.2. The molecule has 0 bridgehead atoms. The first-order valence-electron chi connectivity index (χ1n) is 4.84. The Bertz CT molecular complexity index is 653. The average molecular weight is 272 g/mol. The first-order valence-corrected chi connectivity index (χ1v) is 6.32. The molecule has 0 saturated heterocycles. The van der Waals surface area contributed by atoms with Crippen LogP contribution >= 0.6 is 0 Å². The molecule has 8 heteroatoms. The Balaban J connectivity index is 2.27. The highest BCUT2D eigenvalue weighted by Gasteiger charge is 2.19. The monoisotopic (exact) mass is 272 g/mol. The van der Waals surface area contributed by atoms with Gasteiger partial charge in [0.05, 0.1) is 18.1 Å². The third-order valence-electron chi connectivity index (χ3n) is 2.01. The molecule has 0 aromatic carbocycles. The van der Waals surface area contributed by atoms with Gasteiger partial charge in [0.2, 0.25) is 5.09 Å². The lowest BCUT2D eigenvalue weighted by atomic mass is 10.4. The second-order valence-corrected chi connectivity index (χ2v) is 4.99. The van der Waals surface area contributed by atoms with Crippen molar-refractivity contribution in [1.29, 1.82) is 0 Å². The van der Waals surface area contributed by atoms with Crippen molar-refractivity contribution in [2.75, 3.05) is 4.72 Å². The van der Waals surface area contributed by atoms with Crippen molar-refractivity contribution in [2.24, 2.45) is 0 Å².